The molecule has 1 saturated heterocycles. The summed E-state index contributed by atoms with van der Waals surface area (Å²) in [6.45, 7) is 5.00. The molecule has 3 heteroatoms. The molecular formula is C20H32O3. The largest absolute Gasteiger partial charge is 0.393 e. The highest BCUT2D eigenvalue weighted by atomic mass is 16.6. The highest BCUT2D eigenvalue weighted by Gasteiger charge is 2.76. The Morgan fingerprint density at radius 3 is 2.65 bits per heavy atom. The Morgan fingerprint density at radius 2 is 1.87 bits per heavy atom. The molecule has 6 unspecified atom stereocenters. The Bertz CT molecular complexity index is 521. The van der Waals surface area contributed by atoms with Crippen molar-refractivity contribution in [3.63, 3.8) is 0 Å². The SMILES string of the molecule is COC1CCC2C3CC4OC45C[C@@H](O)CC[C@]5(C)C3CC[C@]12C. The number of fused-ring (bicyclic) bond motifs is 4. The molecule has 1 aliphatic heterocycles. The van der Waals surface area contributed by atoms with Crippen LogP contribution in [0.1, 0.15) is 65.2 Å². The summed E-state index contributed by atoms with van der Waals surface area (Å²) in [4.78, 5) is 0. The van der Waals surface area contributed by atoms with E-state index in [0.29, 0.717) is 23.0 Å². The van der Waals surface area contributed by atoms with Crippen molar-refractivity contribution in [1.82, 2.24) is 0 Å². The van der Waals surface area contributed by atoms with E-state index in [-0.39, 0.29) is 11.7 Å². The molecule has 5 fully saturated rings. The first-order valence-electron chi connectivity index (χ1n) is 9.83. The smallest absolute Gasteiger partial charge is 0.103 e. The van der Waals surface area contributed by atoms with Gasteiger partial charge in [-0.25, -0.2) is 0 Å². The molecular weight excluding hydrogens is 288 g/mol. The lowest BCUT2D eigenvalue weighted by Gasteiger charge is -2.59. The molecule has 9 atom stereocenters. The summed E-state index contributed by atoms with van der Waals surface area (Å²) in [6.07, 6.45) is 10.2. The molecule has 5 rings (SSSR count). The maximum atomic E-state index is 10.2. The quantitative estimate of drug-likeness (QED) is 0.752. The van der Waals surface area contributed by atoms with Gasteiger partial charge >= 0.3 is 0 Å². The minimum absolute atomic E-state index is 0.0266. The average Bonchev–Trinajstić information content (AvgIpc) is 3.09. The Labute approximate surface area is 140 Å². The average molecular weight is 320 g/mol. The molecule has 0 bridgehead atoms. The lowest BCUT2D eigenvalue weighted by Crippen LogP contribution is -2.58. The molecule has 0 amide bonds. The number of rotatable bonds is 1. The van der Waals surface area contributed by atoms with Crippen LogP contribution < -0.4 is 0 Å². The zero-order valence-corrected chi connectivity index (χ0v) is 14.9. The summed E-state index contributed by atoms with van der Waals surface area (Å²) >= 11 is 0. The fourth-order valence-corrected chi connectivity index (χ4v) is 8.00. The Hall–Kier alpha value is -0.120. The minimum Gasteiger partial charge on any atom is -0.393 e. The zero-order chi connectivity index (χ0) is 16.0. The number of aliphatic hydroxyl groups is 1. The molecule has 1 heterocycles. The third-order valence-corrected chi connectivity index (χ3v) is 9.26. The van der Waals surface area contributed by atoms with E-state index in [2.05, 4.69) is 13.8 Å². The van der Waals surface area contributed by atoms with Crippen LogP contribution in [0.15, 0.2) is 0 Å². The molecule has 0 aromatic rings. The van der Waals surface area contributed by atoms with Gasteiger partial charge in [-0.1, -0.05) is 13.8 Å². The first-order valence-corrected chi connectivity index (χ1v) is 9.83. The van der Waals surface area contributed by atoms with Gasteiger partial charge in [-0.05, 0) is 68.1 Å². The lowest BCUT2D eigenvalue weighted by atomic mass is 9.45. The summed E-state index contributed by atoms with van der Waals surface area (Å²) in [7, 11) is 1.91. The molecule has 130 valence electrons. The van der Waals surface area contributed by atoms with Crippen molar-refractivity contribution in [2.45, 2.75) is 89.1 Å². The molecule has 1 spiro atoms. The van der Waals surface area contributed by atoms with Crippen LogP contribution in [0, 0.1) is 28.6 Å². The first-order chi connectivity index (χ1) is 10.9. The predicted octanol–water partition coefficient (Wildman–Crippen LogP) is 3.54. The van der Waals surface area contributed by atoms with Gasteiger partial charge in [0.2, 0.25) is 0 Å². The van der Waals surface area contributed by atoms with E-state index < -0.39 is 0 Å². The van der Waals surface area contributed by atoms with Gasteiger partial charge in [0.15, 0.2) is 0 Å². The third-order valence-electron chi connectivity index (χ3n) is 9.26. The molecule has 3 nitrogen and oxygen atoms in total. The van der Waals surface area contributed by atoms with E-state index in [1.807, 2.05) is 7.11 Å². The number of ether oxygens (including phenoxy) is 2. The molecule has 0 radical (unpaired) electrons. The first kappa shape index (κ1) is 15.2. The van der Waals surface area contributed by atoms with Crippen molar-refractivity contribution in [3.05, 3.63) is 0 Å². The van der Waals surface area contributed by atoms with Crippen LogP contribution >= 0.6 is 0 Å². The molecule has 0 aromatic carbocycles. The van der Waals surface area contributed by atoms with Crippen LogP contribution in [0.2, 0.25) is 0 Å². The number of epoxide rings is 1. The Balaban J connectivity index is 1.49. The second-order valence-corrected chi connectivity index (χ2v) is 9.77. The number of hydrogen-bond donors (Lipinski definition) is 1. The molecule has 23 heavy (non-hydrogen) atoms. The highest BCUT2D eigenvalue weighted by molar-refractivity contribution is 5.24. The molecule has 0 aromatic heterocycles. The van der Waals surface area contributed by atoms with Gasteiger partial charge in [0.25, 0.3) is 0 Å². The number of aliphatic hydroxyl groups excluding tert-OH is 1. The maximum Gasteiger partial charge on any atom is 0.103 e. The predicted molar refractivity (Wildman–Crippen MR) is 88.0 cm³/mol. The number of hydrogen-bond acceptors (Lipinski definition) is 3. The standard InChI is InChI=1S/C20H32O3/c1-18-8-7-15-13(14(18)4-5-16(18)22-3)10-17-20(23-17)11-12(21)6-9-19(15,20)2/h12-17,21H,4-11H2,1-3H3/t12-,13?,14?,15?,16?,17?,18-,19+,20?/m0/s1. The molecule has 1 N–H and O–H groups in total. The van der Waals surface area contributed by atoms with Crippen molar-refractivity contribution in [1.29, 1.82) is 0 Å². The van der Waals surface area contributed by atoms with Crippen LogP contribution in [0.25, 0.3) is 0 Å². The normalized spacial score (nSPS) is 63.7. The van der Waals surface area contributed by atoms with Crippen LogP contribution in [-0.2, 0) is 9.47 Å². The van der Waals surface area contributed by atoms with Crippen molar-refractivity contribution < 1.29 is 14.6 Å². The van der Waals surface area contributed by atoms with Gasteiger partial charge in [-0.2, -0.15) is 0 Å². The number of methoxy groups -OCH3 is 1. The van der Waals surface area contributed by atoms with E-state index in [0.717, 1.165) is 37.0 Å². The Kier molecular flexibility index (Phi) is 2.99. The fourth-order valence-electron chi connectivity index (χ4n) is 8.00. The molecule has 5 aliphatic rings. The second-order valence-electron chi connectivity index (χ2n) is 9.77. The summed E-state index contributed by atoms with van der Waals surface area (Å²) in [5.74, 6) is 2.43. The van der Waals surface area contributed by atoms with Gasteiger partial charge in [0.1, 0.15) is 5.60 Å². The lowest BCUT2D eigenvalue weighted by molar-refractivity contribution is -0.125. The summed E-state index contributed by atoms with van der Waals surface area (Å²) < 4.78 is 12.3. The van der Waals surface area contributed by atoms with Crippen LogP contribution in [0.5, 0.6) is 0 Å². The van der Waals surface area contributed by atoms with Crippen molar-refractivity contribution >= 4 is 0 Å². The van der Waals surface area contributed by atoms with E-state index in [1.165, 1.54) is 32.1 Å². The van der Waals surface area contributed by atoms with Crippen LogP contribution in [0.3, 0.4) is 0 Å². The molecule has 4 saturated carbocycles. The highest BCUT2D eigenvalue weighted by Crippen LogP contribution is 2.73. The van der Waals surface area contributed by atoms with Gasteiger partial charge in [0.05, 0.1) is 18.3 Å². The fraction of sp³-hybridized carbons (Fsp3) is 1.00. The third kappa shape index (κ3) is 1.67. The summed E-state index contributed by atoms with van der Waals surface area (Å²) in [6, 6.07) is 0. The maximum absolute atomic E-state index is 10.2. The van der Waals surface area contributed by atoms with Gasteiger partial charge in [0, 0.05) is 18.9 Å². The van der Waals surface area contributed by atoms with Gasteiger partial charge in [-0.15, -0.1) is 0 Å². The van der Waals surface area contributed by atoms with E-state index >= 15 is 0 Å². The van der Waals surface area contributed by atoms with Gasteiger partial charge < -0.3 is 14.6 Å². The zero-order valence-electron chi connectivity index (χ0n) is 14.9. The second kappa shape index (κ2) is 4.53. The van der Waals surface area contributed by atoms with Crippen molar-refractivity contribution in [2.24, 2.45) is 28.6 Å². The van der Waals surface area contributed by atoms with Crippen molar-refractivity contribution in [2.75, 3.05) is 7.11 Å². The minimum atomic E-state index is -0.136. The topological polar surface area (TPSA) is 42.0 Å². The Morgan fingerprint density at radius 1 is 1.04 bits per heavy atom. The van der Waals surface area contributed by atoms with Crippen LogP contribution in [0.4, 0.5) is 0 Å². The monoisotopic (exact) mass is 320 g/mol. The van der Waals surface area contributed by atoms with E-state index in [4.69, 9.17) is 9.47 Å². The van der Waals surface area contributed by atoms with Crippen LogP contribution in [-0.4, -0.2) is 36.1 Å². The van der Waals surface area contributed by atoms with Crippen molar-refractivity contribution in [3.8, 4) is 0 Å². The summed E-state index contributed by atoms with van der Waals surface area (Å²) in [5, 5.41) is 10.2. The van der Waals surface area contributed by atoms with E-state index in [9.17, 15) is 5.11 Å². The van der Waals surface area contributed by atoms with Gasteiger partial charge in [-0.3, -0.25) is 0 Å². The summed E-state index contributed by atoms with van der Waals surface area (Å²) in [5.41, 5.74) is 0.709. The molecule has 4 aliphatic carbocycles. The van der Waals surface area contributed by atoms with E-state index in [1.54, 1.807) is 0 Å².